The second-order valence-electron chi connectivity index (χ2n) is 4.20. The Balaban J connectivity index is 2.60. The van der Waals surface area contributed by atoms with Gasteiger partial charge in [-0.2, -0.15) is 0 Å². The number of nitrogens with one attached hydrogen (secondary N) is 1. The standard InChI is InChI=1S/C12H20N2O3S/c1-8(5-4-6-15)13-12(16)11-9(2)14-10(18-11)7-17-3/h8,15H,4-7H2,1-3H3,(H,13,16). The van der Waals surface area contributed by atoms with Crippen LogP contribution in [0.2, 0.25) is 0 Å². The zero-order chi connectivity index (χ0) is 13.5. The molecule has 5 nitrogen and oxygen atoms in total. The fourth-order valence-corrected chi connectivity index (χ4v) is 2.55. The van der Waals surface area contributed by atoms with Crippen molar-refractivity contribution in [1.82, 2.24) is 10.3 Å². The first-order valence-corrected chi connectivity index (χ1v) is 6.77. The summed E-state index contributed by atoms with van der Waals surface area (Å²) >= 11 is 1.36. The molecule has 18 heavy (non-hydrogen) atoms. The molecule has 6 heteroatoms. The molecule has 0 saturated carbocycles. The summed E-state index contributed by atoms with van der Waals surface area (Å²) in [7, 11) is 1.60. The van der Waals surface area contributed by atoms with Crippen LogP contribution in [0.3, 0.4) is 0 Å². The summed E-state index contributed by atoms with van der Waals surface area (Å²) in [5.74, 6) is -0.0993. The van der Waals surface area contributed by atoms with E-state index < -0.39 is 0 Å². The van der Waals surface area contributed by atoms with Gasteiger partial charge in [-0.15, -0.1) is 11.3 Å². The third-order valence-electron chi connectivity index (χ3n) is 2.49. The number of carbonyl (C=O) groups excluding carboxylic acids is 1. The molecule has 1 amide bonds. The van der Waals surface area contributed by atoms with Gasteiger partial charge in [0.25, 0.3) is 5.91 Å². The summed E-state index contributed by atoms with van der Waals surface area (Å²) in [5, 5.41) is 12.5. The van der Waals surface area contributed by atoms with E-state index in [4.69, 9.17) is 9.84 Å². The number of carbonyl (C=O) groups is 1. The fraction of sp³-hybridized carbons (Fsp3) is 0.667. The number of rotatable bonds is 7. The van der Waals surface area contributed by atoms with E-state index in [0.717, 1.165) is 17.1 Å². The Bertz CT molecular complexity index is 393. The van der Waals surface area contributed by atoms with E-state index in [2.05, 4.69) is 10.3 Å². The van der Waals surface area contributed by atoms with Gasteiger partial charge >= 0.3 is 0 Å². The number of hydrogen-bond donors (Lipinski definition) is 2. The van der Waals surface area contributed by atoms with Crippen molar-refractivity contribution in [2.75, 3.05) is 13.7 Å². The molecule has 0 aliphatic heterocycles. The van der Waals surface area contributed by atoms with E-state index in [1.54, 1.807) is 7.11 Å². The maximum Gasteiger partial charge on any atom is 0.263 e. The van der Waals surface area contributed by atoms with Crippen LogP contribution in [0.25, 0.3) is 0 Å². The highest BCUT2D eigenvalue weighted by Crippen LogP contribution is 2.18. The summed E-state index contributed by atoms with van der Waals surface area (Å²) < 4.78 is 5.00. The van der Waals surface area contributed by atoms with E-state index in [1.165, 1.54) is 11.3 Å². The normalized spacial score (nSPS) is 12.4. The van der Waals surface area contributed by atoms with Crippen molar-refractivity contribution in [3.05, 3.63) is 15.6 Å². The second kappa shape index (κ2) is 7.45. The maximum absolute atomic E-state index is 12.0. The lowest BCUT2D eigenvalue weighted by Gasteiger charge is -2.12. The minimum absolute atomic E-state index is 0.0528. The number of thiazole rings is 1. The average Bonchev–Trinajstić information content (AvgIpc) is 2.68. The zero-order valence-electron chi connectivity index (χ0n) is 11.0. The van der Waals surface area contributed by atoms with Gasteiger partial charge < -0.3 is 15.2 Å². The third-order valence-corrected chi connectivity index (χ3v) is 3.62. The van der Waals surface area contributed by atoms with Gasteiger partial charge in [0.2, 0.25) is 0 Å². The predicted molar refractivity (Wildman–Crippen MR) is 70.8 cm³/mol. The van der Waals surface area contributed by atoms with Crippen molar-refractivity contribution in [3.8, 4) is 0 Å². The number of ether oxygens (including phenoxy) is 1. The summed E-state index contributed by atoms with van der Waals surface area (Å²) in [6, 6.07) is 0.0528. The van der Waals surface area contributed by atoms with Gasteiger partial charge in [-0.25, -0.2) is 4.98 Å². The number of hydrogen-bond acceptors (Lipinski definition) is 5. The van der Waals surface area contributed by atoms with Crippen LogP contribution < -0.4 is 5.32 Å². The van der Waals surface area contributed by atoms with E-state index in [-0.39, 0.29) is 18.6 Å². The highest BCUT2D eigenvalue weighted by atomic mass is 32.1. The summed E-state index contributed by atoms with van der Waals surface area (Å²) in [6.45, 7) is 4.33. The van der Waals surface area contributed by atoms with Gasteiger partial charge in [-0.3, -0.25) is 4.79 Å². The summed E-state index contributed by atoms with van der Waals surface area (Å²) in [6.07, 6.45) is 1.46. The molecule has 1 unspecified atom stereocenters. The lowest BCUT2D eigenvalue weighted by molar-refractivity contribution is 0.0939. The molecule has 1 atom stereocenters. The molecule has 0 fully saturated rings. The van der Waals surface area contributed by atoms with Crippen LogP contribution in [0, 0.1) is 6.92 Å². The van der Waals surface area contributed by atoms with Crippen LogP contribution in [0.1, 0.15) is 40.1 Å². The number of aliphatic hydroxyl groups is 1. The quantitative estimate of drug-likeness (QED) is 0.789. The lowest BCUT2D eigenvalue weighted by atomic mass is 10.2. The Kier molecular flexibility index (Phi) is 6.24. The van der Waals surface area contributed by atoms with Crippen molar-refractivity contribution in [2.24, 2.45) is 0 Å². The Labute approximate surface area is 111 Å². The van der Waals surface area contributed by atoms with Crippen LogP contribution in [-0.2, 0) is 11.3 Å². The molecule has 102 valence electrons. The van der Waals surface area contributed by atoms with E-state index >= 15 is 0 Å². The lowest BCUT2D eigenvalue weighted by Crippen LogP contribution is -2.32. The molecule has 0 aliphatic carbocycles. The number of amides is 1. The van der Waals surface area contributed by atoms with Gasteiger partial charge in [0.15, 0.2) is 0 Å². The number of nitrogens with zero attached hydrogens (tertiary/aromatic N) is 1. The minimum atomic E-state index is -0.0993. The fourth-order valence-electron chi connectivity index (χ4n) is 1.61. The van der Waals surface area contributed by atoms with Crippen molar-refractivity contribution >= 4 is 17.2 Å². The molecule has 0 bridgehead atoms. The van der Waals surface area contributed by atoms with Crippen LogP contribution >= 0.6 is 11.3 Å². The molecule has 1 aromatic rings. The van der Waals surface area contributed by atoms with E-state index in [1.807, 2.05) is 13.8 Å². The minimum Gasteiger partial charge on any atom is -0.396 e. The van der Waals surface area contributed by atoms with Crippen LogP contribution in [0.4, 0.5) is 0 Å². The van der Waals surface area contributed by atoms with Crippen LogP contribution in [-0.4, -0.2) is 35.8 Å². The highest BCUT2D eigenvalue weighted by molar-refractivity contribution is 7.13. The largest absolute Gasteiger partial charge is 0.396 e. The molecule has 0 aliphatic rings. The van der Waals surface area contributed by atoms with Gasteiger partial charge in [0, 0.05) is 19.8 Å². The van der Waals surface area contributed by atoms with Crippen molar-refractivity contribution < 1.29 is 14.6 Å². The molecule has 1 aromatic heterocycles. The van der Waals surface area contributed by atoms with Crippen molar-refractivity contribution in [1.29, 1.82) is 0 Å². The van der Waals surface area contributed by atoms with Crippen molar-refractivity contribution in [3.63, 3.8) is 0 Å². The second-order valence-corrected chi connectivity index (χ2v) is 5.28. The van der Waals surface area contributed by atoms with Gasteiger partial charge in [-0.05, 0) is 26.7 Å². The first-order valence-electron chi connectivity index (χ1n) is 5.95. The molecule has 2 N–H and O–H groups in total. The third kappa shape index (κ3) is 4.36. The molecule has 1 heterocycles. The topological polar surface area (TPSA) is 71.5 Å². The van der Waals surface area contributed by atoms with Gasteiger partial charge in [0.05, 0.1) is 12.3 Å². The molecule has 0 saturated heterocycles. The first-order chi connectivity index (χ1) is 8.58. The molecule has 0 spiro atoms. The molecular formula is C12H20N2O3S. The van der Waals surface area contributed by atoms with Crippen molar-refractivity contribution in [2.45, 2.75) is 39.3 Å². The number of aromatic nitrogens is 1. The predicted octanol–water partition coefficient (Wildman–Crippen LogP) is 1.49. The van der Waals surface area contributed by atoms with Gasteiger partial charge in [-0.1, -0.05) is 0 Å². The highest BCUT2D eigenvalue weighted by Gasteiger charge is 2.16. The molecule has 0 radical (unpaired) electrons. The Hall–Kier alpha value is -0.980. The Morgan fingerprint density at radius 1 is 1.61 bits per heavy atom. The summed E-state index contributed by atoms with van der Waals surface area (Å²) in [4.78, 5) is 16.9. The zero-order valence-corrected chi connectivity index (χ0v) is 11.8. The van der Waals surface area contributed by atoms with E-state index in [9.17, 15) is 4.79 Å². The number of aliphatic hydroxyl groups excluding tert-OH is 1. The first kappa shape index (κ1) is 15.1. The number of aryl methyl sites for hydroxylation is 1. The monoisotopic (exact) mass is 272 g/mol. The van der Waals surface area contributed by atoms with Crippen LogP contribution in [0.15, 0.2) is 0 Å². The molecule has 0 aromatic carbocycles. The van der Waals surface area contributed by atoms with Gasteiger partial charge in [0.1, 0.15) is 9.88 Å². The maximum atomic E-state index is 12.0. The molecular weight excluding hydrogens is 252 g/mol. The SMILES string of the molecule is COCc1nc(C)c(C(=O)NC(C)CCCO)s1. The molecule has 1 rings (SSSR count). The average molecular weight is 272 g/mol. The van der Waals surface area contributed by atoms with Crippen LogP contribution in [0.5, 0.6) is 0 Å². The Morgan fingerprint density at radius 2 is 2.33 bits per heavy atom. The number of methoxy groups -OCH3 is 1. The summed E-state index contributed by atoms with van der Waals surface area (Å²) in [5.41, 5.74) is 0.735. The smallest absolute Gasteiger partial charge is 0.263 e. The van der Waals surface area contributed by atoms with E-state index in [0.29, 0.717) is 17.9 Å². The Morgan fingerprint density at radius 3 is 2.94 bits per heavy atom.